The summed E-state index contributed by atoms with van der Waals surface area (Å²) < 4.78 is 18.3. The minimum Gasteiger partial charge on any atom is -0.336 e. The van der Waals surface area contributed by atoms with E-state index in [9.17, 15) is 9.18 Å². The summed E-state index contributed by atoms with van der Waals surface area (Å²) in [6.45, 7) is 5.58. The predicted molar refractivity (Wildman–Crippen MR) is 103 cm³/mol. The van der Waals surface area contributed by atoms with Crippen LogP contribution in [0.1, 0.15) is 33.6 Å². The van der Waals surface area contributed by atoms with E-state index < -0.39 is 5.82 Å². The average Bonchev–Trinajstić information content (AvgIpc) is 3.25. The fourth-order valence-electron chi connectivity index (χ4n) is 3.73. The third kappa shape index (κ3) is 3.20. The lowest BCUT2D eigenvalue weighted by Gasteiger charge is -2.35. The Balaban J connectivity index is 1.65. The number of amides is 1. The Bertz CT molecular complexity index is 1020. The molecular formula is C20H23FN6O. The van der Waals surface area contributed by atoms with Gasteiger partial charge in [-0.3, -0.25) is 4.79 Å². The Morgan fingerprint density at radius 3 is 2.75 bits per heavy atom. The highest BCUT2D eigenvalue weighted by molar-refractivity contribution is 5.94. The number of aromatic nitrogens is 4. The highest BCUT2D eigenvalue weighted by Crippen LogP contribution is 2.24. The van der Waals surface area contributed by atoms with Crippen LogP contribution in [-0.4, -0.2) is 49.8 Å². The molecule has 4 rings (SSSR count). The largest absolute Gasteiger partial charge is 0.336 e. The van der Waals surface area contributed by atoms with Gasteiger partial charge in [-0.05, 0) is 38.1 Å². The standard InChI is InChI=1S/C20H23FN6O/c1-13-10-14(2)27(24-13)17-5-4-15(11-16(17)21)20(28)26-9-6-22-12-18(26)19-23-7-8-25(19)3/h4-5,7-8,10-11,18,22H,6,9,12H2,1-3H3. The van der Waals surface area contributed by atoms with E-state index in [1.165, 1.54) is 6.07 Å². The smallest absolute Gasteiger partial charge is 0.254 e. The minimum absolute atomic E-state index is 0.194. The lowest BCUT2D eigenvalue weighted by molar-refractivity contribution is 0.0620. The first kappa shape index (κ1) is 18.4. The number of halogens is 1. The number of benzene rings is 1. The minimum atomic E-state index is -0.472. The van der Waals surface area contributed by atoms with Crippen LogP contribution in [0.3, 0.4) is 0 Å². The van der Waals surface area contributed by atoms with Crippen LogP contribution in [0.15, 0.2) is 36.7 Å². The van der Waals surface area contributed by atoms with Crippen LogP contribution in [0.5, 0.6) is 0 Å². The second kappa shape index (κ2) is 7.20. The van der Waals surface area contributed by atoms with Gasteiger partial charge < -0.3 is 14.8 Å². The second-order valence-corrected chi connectivity index (χ2v) is 7.12. The topological polar surface area (TPSA) is 68.0 Å². The highest BCUT2D eigenvalue weighted by Gasteiger charge is 2.31. The molecule has 28 heavy (non-hydrogen) atoms. The van der Waals surface area contributed by atoms with Gasteiger partial charge in [0.25, 0.3) is 5.91 Å². The second-order valence-electron chi connectivity index (χ2n) is 7.12. The number of nitrogens with one attached hydrogen (secondary N) is 1. The van der Waals surface area contributed by atoms with Crippen molar-refractivity contribution >= 4 is 5.91 Å². The molecule has 0 radical (unpaired) electrons. The molecule has 1 aliphatic rings. The number of carbonyl (C=O) groups is 1. The molecule has 2 aromatic heterocycles. The molecule has 1 fully saturated rings. The summed E-state index contributed by atoms with van der Waals surface area (Å²) in [5.74, 6) is 0.134. The van der Waals surface area contributed by atoms with Crippen LogP contribution in [0.25, 0.3) is 5.69 Å². The van der Waals surface area contributed by atoms with Gasteiger partial charge in [0.1, 0.15) is 23.4 Å². The average molecular weight is 382 g/mol. The maximum atomic E-state index is 14.8. The van der Waals surface area contributed by atoms with Gasteiger partial charge in [0.15, 0.2) is 0 Å². The molecule has 8 heteroatoms. The molecule has 3 heterocycles. The number of nitrogens with zero attached hydrogens (tertiary/aromatic N) is 5. The summed E-state index contributed by atoms with van der Waals surface area (Å²) in [4.78, 5) is 19.3. The quantitative estimate of drug-likeness (QED) is 0.754. The summed E-state index contributed by atoms with van der Waals surface area (Å²) in [5.41, 5.74) is 2.32. The van der Waals surface area contributed by atoms with Crippen LogP contribution < -0.4 is 5.32 Å². The third-order valence-electron chi connectivity index (χ3n) is 5.09. The van der Waals surface area contributed by atoms with Crippen molar-refractivity contribution in [2.75, 3.05) is 19.6 Å². The Labute approximate surface area is 162 Å². The normalized spacial score (nSPS) is 17.1. The molecule has 1 saturated heterocycles. The first-order valence-electron chi connectivity index (χ1n) is 9.28. The summed E-state index contributed by atoms with van der Waals surface area (Å²) in [5, 5.41) is 7.63. The van der Waals surface area contributed by atoms with Gasteiger partial charge in [0, 0.05) is 50.3 Å². The molecule has 1 amide bonds. The van der Waals surface area contributed by atoms with Crippen molar-refractivity contribution in [1.29, 1.82) is 0 Å². The Morgan fingerprint density at radius 2 is 2.11 bits per heavy atom. The number of hydrogen-bond acceptors (Lipinski definition) is 4. The van der Waals surface area contributed by atoms with Gasteiger partial charge >= 0.3 is 0 Å². The number of hydrogen-bond donors (Lipinski definition) is 1. The zero-order valence-corrected chi connectivity index (χ0v) is 16.2. The number of imidazole rings is 1. The lowest BCUT2D eigenvalue weighted by atomic mass is 10.1. The van der Waals surface area contributed by atoms with E-state index in [2.05, 4.69) is 15.4 Å². The summed E-state index contributed by atoms with van der Waals surface area (Å²) in [6.07, 6.45) is 3.57. The zero-order valence-electron chi connectivity index (χ0n) is 16.2. The van der Waals surface area contributed by atoms with Crippen LogP contribution >= 0.6 is 0 Å². The Kier molecular flexibility index (Phi) is 4.72. The molecule has 0 spiro atoms. The van der Waals surface area contributed by atoms with E-state index in [1.807, 2.05) is 37.7 Å². The first-order valence-corrected chi connectivity index (χ1v) is 9.28. The van der Waals surface area contributed by atoms with Crippen molar-refractivity contribution in [3.8, 4) is 5.69 Å². The maximum Gasteiger partial charge on any atom is 0.254 e. The summed E-state index contributed by atoms with van der Waals surface area (Å²) >= 11 is 0. The molecule has 1 atom stereocenters. The van der Waals surface area contributed by atoms with Crippen LogP contribution in [0, 0.1) is 19.7 Å². The fourth-order valence-corrected chi connectivity index (χ4v) is 3.73. The highest BCUT2D eigenvalue weighted by atomic mass is 19.1. The number of carbonyl (C=O) groups excluding carboxylic acids is 1. The van der Waals surface area contributed by atoms with Crippen molar-refractivity contribution in [3.05, 3.63) is 65.3 Å². The van der Waals surface area contributed by atoms with Crippen LogP contribution in [0.2, 0.25) is 0 Å². The monoisotopic (exact) mass is 382 g/mol. The SMILES string of the molecule is Cc1cc(C)n(-c2ccc(C(=O)N3CCNCC3c3nccn3C)cc2F)n1. The molecule has 1 N–H and O–H groups in total. The van der Waals surface area contributed by atoms with Crippen LogP contribution in [-0.2, 0) is 7.05 Å². The molecule has 1 unspecified atom stereocenters. The zero-order chi connectivity index (χ0) is 19.8. The van der Waals surface area contributed by atoms with Crippen molar-refractivity contribution in [2.24, 2.45) is 7.05 Å². The number of rotatable bonds is 3. The van der Waals surface area contributed by atoms with E-state index in [-0.39, 0.29) is 11.9 Å². The molecule has 0 aliphatic carbocycles. The van der Waals surface area contributed by atoms with Gasteiger partial charge in [0.2, 0.25) is 0 Å². The van der Waals surface area contributed by atoms with E-state index >= 15 is 0 Å². The van der Waals surface area contributed by atoms with Gasteiger partial charge in [-0.25, -0.2) is 14.1 Å². The Hall–Kier alpha value is -3.00. The summed E-state index contributed by atoms with van der Waals surface area (Å²) in [7, 11) is 1.91. The number of aryl methyl sites for hydroxylation is 3. The Morgan fingerprint density at radius 1 is 1.29 bits per heavy atom. The lowest BCUT2D eigenvalue weighted by Crippen LogP contribution is -2.49. The molecule has 0 bridgehead atoms. The third-order valence-corrected chi connectivity index (χ3v) is 5.09. The van der Waals surface area contributed by atoms with Crippen molar-refractivity contribution < 1.29 is 9.18 Å². The molecule has 1 aliphatic heterocycles. The summed E-state index contributed by atoms with van der Waals surface area (Å²) in [6, 6.07) is 6.26. The van der Waals surface area contributed by atoms with E-state index in [1.54, 1.807) is 27.9 Å². The molecule has 1 aromatic carbocycles. The maximum absolute atomic E-state index is 14.8. The van der Waals surface area contributed by atoms with Gasteiger partial charge in [-0.1, -0.05) is 0 Å². The van der Waals surface area contributed by atoms with E-state index in [4.69, 9.17) is 0 Å². The van der Waals surface area contributed by atoms with Crippen molar-refractivity contribution in [2.45, 2.75) is 19.9 Å². The fraction of sp³-hybridized carbons (Fsp3) is 0.350. The molecule has 0 saturated carbocycles. The van der Waals surface area contributed by atoms with Crippen LogP contribution in [0.4, 0.5) is 4.39 Å². The van der Waals surface area contributed by atoms with Gasteiger partial charge in [-0.2, -0.15) is 5.10 Å². The van der Waals surface area contributed by atoms with Crippen molar-refractivity contribution in [3.63, 3.8) is 0 Å². The number of piperazine rings is 1. The van der Waals surface area contributed by atoms with E-state index in [0.717, 1.165) is 17.2 Å². The molecular weight excluding hydrogens is 359 g/mol. The van der Waals surface area contributed by atoms with Gasteiger partial charge in [-0.15, -0.1) is 0 Å². The first-order chi connectivity index (χ1) is 13.5. The molecule has 7 nitrogen and oxygen atoms in total. The van der Waals surface area contributed by atoms with Crippen molar-refractivity contribution in [1.82, 2.24) is 29.5 Å². The van der Waals surface area contributed by atoms with E-state index in [0.29, 0.717) is 30.9 Å². The van der Waals surface area contributed by atoms with Gasteiger partial charge in [0.05, 0.1) is 5.69 Å². The molecule has 3 aromatic rings. The predicted octanol–water partition coefficient (Wildman–Crippen LogP) is 2.15. The molecule has 146 valence electrons.